The first-order valence-electron chi connectivity index (χ1n) is 11.3. The maximum atomic E-state index is 13.1. The molecule has 7 heteroatoms. The van der Waals surface area contributed by atoms with Crippen molar-refractivity contribution in [2.45, 2.75) is 52.0 Å². The number of amides is 1. The molecule has 0 spiro atoms. The van der Waals surface area contributed by atoms with E-state index < -0.39 is 0 Å². The topological polar surface area (TPSA) is 78.3 Å². The van der Waals surface area contributed by atoms with E-state index >= 15 is 0 Å². The fraction of sp³-hybridized carbons (Fsp3) is 0.400. The summed E-state index contributed by atoms with van der Waals surface area (Å²) in [6.45, 7) is 9.96. The predicted molar refractivity (Wildman–Crippen MR) is 127 cm³/mol. The normalized spacial score (nSPS) is 15.6. The van der Waals surface area contributed by atoms with E-state index in [1.165, 1.54) is 5.56 Å². The number of imidazole rings is 1. The van der Waals surface area contributed by atoms with Gasteiger partial charge in [0, 0.05) is 47.8 Å². The molecule has 4 aromatic rings. The zero-order chi connectivity index (χ0) is 22.5. The number of carbonyl (C=O) groups is 1. The standard InChI is InChI=1S/C25H30N6O/c1-16-5-6-18-14-20(27-19(18)13-16)24(32)30-10-7-17(8-11-30)22-23(29-25(2,3)4)31-12-9-26-15-21(31)28-22/h5-6,9,12-15,17,27,29H,7-8,10-11H2,1-4H3. The molecule has 0 radical (unpaired) electrons. The lowest BCUT2D eigenvalue weighted by Crippen LogP contribution is -2.38. The first kappa shape index (κ1) is 20.5. The van der Waals surface area contributed by atoms with E-state index in [1.54, 1.807) is 12.4 Å². The van der Waals surface area contributed by atoms with Crippen LogP contribution in [0.25, 0.3) is 16.6 Å². The Morgan fingerprint density at radius 2 is 1.97 bits per heavy atom. The number of aromatic amines is 1. The van der Waals surface area contributed by atoms with Crippen LogP contribution in [0.1, 0.15) is 61.3 Å². The lowest BCUT2D eigenvalue weighted by Gasteiger charge is -2.32. The Morgan fingerprint density at radius 3 is 2.72 bits per heavy atom. The Bertz CT molecular complexity index is 1290. The number of piperidine rings is 1. The number of fused-ring (bicyclic) bond motifs is 2. The van der Waals surface area contributed by atoms with E-state index in [-0.39, 0.29) is 11.4 Å². The van der Waals surface area contributed by atoms with E-state index in [9.17, 15) is 4.79 Å². The van der Waals surface area contributed by atoms with Gasteiger partial charge in [-0.2, -0.15) is 0 Å². The van der Waals surface area contributed by atoms with E-state index in [4.69, 9.17) is 4.98 Å². The Balaban J connectivity index is 1.35. The summed E-state index contributed by atoms with van der Waals surface area (Å²) in [4.78, 5) is 27.6. The van der Waals surface area contributed by atoms with Crippen molar-refractivity contribution in [1.82, 2.24) is 24.3 Å². The van der Waals surface area contributed by atoms with Gasteiger partial charge in [0.25, 0.3) is 5.91 Å². The molecule has 7 nitrogen and oxygen atoms in total. The molecule has 1 aromatic carbocycles. The van der Waals surface area contributed by atoms with Crippen LogP contribution in [-0.2, 0) is 0 Å². The van der Waals surface area contributed by atoms with Crippen LogP contribution < -0.4 is 5.32 Å². The molecule has 4 heterocycles. The number of aryl methyl sites for hydroxylation is 1. The predicted octanol–water partition coefficient (Wildman–Crippen LogP) is 4.75. The van der Waals surface area contributed by atoms with Crippen LogP contribution in [0.5, 0.6) is 0 Å². The average Bonchev–Trinajstić information content (AvgIpc) is 3.34. The molecular weight excluding hydrogens is 400 g/mol. The molecule has 1 saturated heterocycles. The van der Waals surface area contributed by atoms with Gasteiger partial charge in [0.1, 0.15) is 11.5 Å². The summed E-state index contributed by atoms with van der Waals surface area (Å²) in [7, 11) is 0. The average molecular weight is 431 g/mol. The largest absolute Gasteiger partial charge is 0.365 e. The van der Waals surface area contributed by atoms with E-state index in [2.05, 4.69) is 65.6 Å². The van der Waals surface area contributed by atoms with Gasteiger partial charge in [-0.25, -0.2) is 4.98 Å². The first-order chi connectivity index (χ1) is 15.3. The number of carbonyl (C=O) groups excluding carboxylic acids is 1. The van der Waals surface area contributed by atoms with Crippen molar-refractivity contribution < 1.29 is 4.79 Å². The minimum Gasteiger partial charge on any atom is -0.365 e. The molecular formula is C25H30N6O. The van der Waals surface area contributed by atoms with Crippen LogP contribution in [0.3, 0.4) is 0 Å². The molecule has 1 aliphatic heterocycles. The summed E-state index contributed by atoms with van der Waals surface area (Å²) in [5, 5.41) is 4.71. The molecule has 3 aromatic heterocycles. The molecule has 2 N–H and O–H groups in total. The van der Waals surface area contributed by atoms with Crippen molar-refractivity contribution >= 4 is 28.3 Å². The summed E-state index contributed by atoms with van der Waals surface area (Å²) in [5.41, 5.74) is 4.69. The highest BCUT2D eigenvalue weighted by molar-refractivity contribution is 5.98. The summed E-state index contributed by atoms with van der Waals surface area (Å²) in [6.07, 6.45) is 7.32. The highest BCUT2D eigenvalue weighted by Crippen LogP contribution is 2.34. The fourth-order valence-electron chi connectivity index (χ4n) is 4.57. The molecule has 0 atom stereocenters. The quantitative estimate of drug-likeness (QED) is 0.492. The summed E-state index contributed by atoms with van der Waals surface area (Å²) in [5.74, 6) is 1.41. The minimum absolute atomic E-state index is 0.0737. The zero-order valence-corrected chi connectivity index (χ0v) is 19.1. The SMILES string of the molecule is Cc1ccc2cc(C(=O)N3CCC(c4nc5cnccn5c4NC(C)(C)C)CC3)[nH]c2c1. The maximum absolute atomic E-state index is 13.1. The third kappa shape index (κ3) is 3.83. The van der Waals surface area contributed by atoms with Gasteiger partial charge in [-0.3, -0.25) is 14.2 Å². The van der Waals surface area contributed by atoms with Crippen molar-refractivity contribution in [3.8, 4) is 0 Å². The Kier molecular flexibility index (Phi) is 4.92. The van der Waals surface area contributed by atoms with Gasteiger partial charge in [-0.15, -0.1) is 0 Å². The van der Waals surface area contributed by atoms with E-state index in [0.29, 0.717) is 11.6 Å². The van der Waals surface area contributed by atoms with E-state index in [1.807, 2.05) is 17.2 Å². The molecule has 0 unspecified atom stereocenters. The van der Waals surface area contributed by atoms with Crippen LogP contribution in [0.2, 0.25) is 0 Å². The Hall–Kier alpha value is -3.35. The number of nitrogens with zero attached hydrogens (tertiary/aromatic N) is 4. The number of H-pyrrole nitrogens is 1. The minimum atomic E-state index is -0.0847. The second-order valence-electron chi connectivity index (χ2n) is 9.87. The van der Waals surface area contributed by atoms with Gasteiger partial charge < -0.3 is 15.2 Å². The molecule has 0 saturated carbocycles. The smallest absolute Gasteiger partial charge is 0.270 e. The van der Waals surface area contributed by atoms with Gasteiger partial charge in [-0.05, 0) is 58.2 Å². The Morgan fingerprint density at radius 1 is 1.19 bits per heavy atom. The molecule has 1 amide bonds. The maximum Gasteiger partial charge on any atom is 0.270 e. The summed E-state index contributed by atoms with van der Waals surface area (Å²) < 4.78 is 2.08. The van der Waals surface area contributed by atoms with Crippen LogP contribution >= 0.6 is 0 Å². The van der Waals surface area contributed by atoms with Crippen molar-refractivity contribution in [1.29, 1.82) is 0 Å². The number of benzene rings is 1. The summed E-state index contributed by atoms with van der Waals surface area (Å²) >= 11 is 0. The molecule has 5 rings (SSSR count). The second kappa shape index (κ2) is 7.65. The second-order valence-corrected chi connectivity index (χ2v) is 9.87. The Labute approximate surface area is 187 Å². The molecule has 32 heavy (non-hydrogen) atoms. The third-order valence-electron chi connectivity index (χ3n) is 6.13. The summed E-state index contributed by atoms with van der Waals surface area (Å²) in [6, 6.07) is 8.18. The first-order valence-corrected chi connectivity index (χ1v) is 11.3. The zero-order valence-electron chi connectivity index (χ0n) is 19.1. The third-order valence-corrected chi connectivity index (χ3v) is 6.13. The van der Waals surface area contributed by atoms with Gasteiger partial charge in [0.2, 0.25) is 0 Å². The number of nitrogens with one attached hydrogen (secondary N) is 2. The molecule has 0 aliphatic carbocycles. The number of hydrogen-bond acceptors (Lipinski definition) is 4. The fourth-order valence-corrected chi connectivity index (χ4v) is 4.57. The van der Waals surface area contributed by atoms with E-state index in [0.717, 1.165) is 54.0 Å². The molecule has 1 aliphatic rings. The van der Waals surface area contributed by atoms with Gasteiger partial charge in [-0.1, -0.05) is 12.1 Å². The van der Waals surface area contributed by atoms with Crippen molar-refractivity contribution in [2.75, 3.05) is 18.4 Å². The highest BCUT2D eigenvalue weighted by Gasteiger charge is 2.30. The number of anilines is 1. The number of rotatable bonds is 3. The molecule has 0 bridgehead atoms. The molecule has 1 fully saturated rings. The van der Waals surface area contributed by atoms with Gasteiger partial charge >= 0.3 is 0 Å². The van der Waals surface area contributed by atoms with Crippen molar-refractivity contribution in [3.05, 3.63) is 59.8 Å². The van der Waals surface area contributed by atoms with Crippen molar-refractivity contribution in [3.63, 3.8) is 0 Å². The number of hydrogen-bond donors (Lipinski definition) is 2. The van der Waals surface area contributed by atoms with Crippen molar-refractivity contribution in [2.24, 2.45) is 0 Å². The molecule has 166 valence electrons. The van der Waals surface area contributed by atoms with Gasteiger partial charge in [0.15, 0.2) is 5.65 Å². The highest BCUT2D eigenvalue weighted by atomic mass is 16.2. The number of likely N-dealkylation sites (tertiary alicyclic amines) is 1. The lowest BCUT2D eigenvalue weighted by atomic mass is 9.92. The van der Waals surface area contributed by atoms with Gasteiger partial charge in [0.05, 0.1) is 11.9 Å². The lowest BCUT2D eigenvalue weighted by molar-refractivity contribution is 0.0707. The van der Waals surface area contributed by atoms with Crippen LogP contribution in [-0.4, -0.2) is 48.8 Å². The van der Waals surface area contributed by atoms with Crippen LogP contribution in [0, 0.1) is 6.92 Å². The number of aromatic nitrogens is 4. The van der Waals surface area contributed by atoms with Crippen LogP contribution in [0.4, 0.5) is 5.82 Å². The van der Waals surface area contributed by atoms with Crippen LogP contribution in [0.15, 0.2) is 42.9 Å². The monoisotopic (exact) mass is 430 g/mol.